The molecule has 0 spiro atoms. The van der Waals surface area contributed by atoms with Crippen LogP contribution in [0.2, 0.25) is 0 Å². The molecule has 1 N–H and O–H groups in total. The zero-order chi connectivity index (χ0) is 8.69. The molecule has 11 heavy (non-hydrogen) atoms. The highest BCUT2D eigenvalue weighted by Crippen LogP contribution is 1.89. The van der Waals surface area contributed by atoms with Gasteiger partial charge in [0.1, 0.15) is 6.61 Å². The monoisotopic (exact) mass is 162 g/mol. The Kier molecular flexibility index (Phi) is 6.02. The van der Waals surface area contributed by atoms with Gasteiger partial charge in [-0.1, -0.05) is 0 Å². The zero-order valence-corrected chi connectivity index (χ0v) is 6.87. The summed E-state index contributed by atoms with van der Waals surface area (Å²) in [7, 11) is 0. The molecule has 0 aliphatic carbocycles. The van der Waals surface area contributed by atoms with E-state index in [2.05, 4.69) is 4.74 Å². The molecule has 0 rings (SSSR count). The molecule has 0 aliphatic rings. The van der Waals surface area contributed by atoms with Crippen LogP contribution < -0.4 is 0 Å². The minimum atomic E-state index is -1.33. The summed E-state index contributed by atoms with van der Waals surface area (Å²) in [6.07, 6.45) is -1.33. The van der Waals surface area contributed by atoms with Gasteiger partial charge in [0.25, 0.3) is 0 Å². The van der Waals surface area contributed by atoms with Crippen molar-refractivity contribution in [1.82, 2.24) is 0 Å². The molecule has 0 saturated carbocycles. The number of rotatable bonds is 6. The van der Waals surface area contributed by atoms with Crippen molar-refractivity contribution in [2.24, 2.45) is 0 Å². The molecule has 4 nitrogen and oxygen atoms in total. The molecule has 0 heterocycles. The maximum Gasteiger partial charge on any atom is 0.217 e. The topological polar surface area (TPSA) is 55.8 Å². The van der Waals surface area contributed by atoms with Gasteiger partial charge in [-0.05, 0) is 13.8 Å². The molecule has 0 fully saturated rings. The maximum absolute atomic E-state index is 10.8. The predicted octanol–water partition coefficient (Wildman–Crippen LogP) is -0.0531. The molecule has 4 heteroatoms. The van der Waals surface area contributed by atoms with Gasteiger partial charge >= 0.3 is 0 Å². The van der Waals surface area contributed by atoms with Gasteiger partial charge < -0.3 is 14.6 Å². The quantitative estimate of drug-likeness (QED) is 0.556. The van der Waals surface area contributed by atoms with Crippen molar-refractivity contribution < 1.29 is 19.4 Å². The van der Waals surface area contributed by atoms with Crippen LogP contribution in [0.1, 0.15) is 13.8 Å². The van der Waals surface area contributed by atoms with Crippen LogP contribution in [-0.4, -0.2) is 37.0 Å². The van der Waals surface area contributed by atoms with E-state index in [-0.39, 0.29) is 6.61 Å². The van der Waals surface area contributed by atoms with E-state index in [1.165, 1.54) is 0 Å². The number of hydrogen-bond donors (Lipinski definition) is 1. The molecule has 0 aromatic rings. The van der Waals surface area contributed by atoms with E-state index in [4.69, 9.17) is 9.84 Å². The smallest absolute Gasteiger partial charge is 0.217 e. The van der Waals surface area contributed by atoms with Crippen molar-refractivity contribution in [2.45, 2.75) is 20.1 Å². The number of hydrogen-bond acceptors (Lipinski definition) is 4. The molecule has 0 bridgehead atoms. The predicted molar refractivity (Wildman–Crippen MR) is 39.1 cm³/mol. The lowest BCUT2D eigenvalue weighted by Gasteiger charge is -2.08. The highest BCUT2D eigenvalue weighted by molar-refractivity contribution is 5.82. The number of aliphatic hydroxyl groups excluding tert-OH is 1. The number of Topliss-reactive ketones (excluding diaryl/α,β-unsaturated/α-hetero) is 1. The first-order chi connectivity index (χ1) is 5.22. The summed E-state index contributed by atoms with van der Waals surface area (Å²) in [6, 6.07) is 0. The second-order valence-corrected chi connectivity index (χ2v) is 1.91. The molecule has 0 aromatic heterocycles. The number of carbonyl (C=O) groups is 1. The van der Waals surface area contributed by atoms with Crippen LogP contribution >= 0.6 is 0 Å². The van der Waals surface area contributed by atoms with Crippen LogP contribution in [0.3, 0.4) is 0 Å². The Labute approximate surface area is 66.1 Å². The summed E-state index contributed by atoms with van der Waals surface area (Å²) in [6.45, 7) is 4.18. The summed E-state index contributed by atoms with van der Waals surface area (Å²) in [4.78, 5) is 10.8. The number of carbonyl (C=O) groups excluding carboxylic acids is 1. The lowest BCUT2D eigenvalue weighted by Crippen LogP contribution is -2.27. The fourth-order valence-electron chi connectivity index (χ4n) is 0.525. The van der Waals surface area contributed by atoms with E-state index in [9.17, 15) is 4.79 Å². The van der Waals surface area contributed by atoms with Gasteiger partial charge in [-0.25, -0.2) is 0 Å². The van der Waals surface area contributed by atoms with Crippen molar-refractivity contribution >= 4 is 5.78 Å². The molecule has 0 radical (unpaired) electrons. The highest BCUT2D eigenvalue weighted by atomic mass is 16.6. The molecule has 0 aliphatic heterocycles. The van der Waals surface area contributed by atoms with Crippen LogP contribution in [0.4, 0.5) is 0 Å². The first kappa shape index (κ1) is 10.6. The van der Waals surface area contributed by atoms with Crippen LogP contribution in [0.15, 0.2) is 0 Å². The minimum Gasteiger partial charge on any atom is -0.374 e. The standard InChI is InChI=1S/C7H14O4/c1-3-10-5-6(8)7(9)11-4-2/h7,9H,3-5H2,1-2H3. The second-order valence-electron chi connectivity index (χ2n) is 1.91. The van der Waals surface area contributed by atoms with E-state index in [0.717, 1.165) is 0 Å². The van der Waals surface area contributed by atoms with Crippen molar-refractivity contribution in [3.8, 4) is 0 Å². The molecular formula is C7H14O4. The Morgan fingerprint density at radius 1 is 1.45 bits per heavy atom. The third kappa shape index (κ3) is 4.89. The largest absolute Gasteiger partial charge is 0.374 e. The second kappa shape index (κ2) is 6.27. The van der Waals surface area contributed by atoms with Crippen molar-refractivity contribution in [2.75, 3.05) is 19.8 Å². The summed E-state index contributed by atoms with van der Waals surface area (Å²) in [5, 5.41) is 8.89. The van der Waals surface area contributed by atoms with Crippen molar-refractivity contribution in [3.63, 3.8) is 0 Å². The Bertz CT molecular complexity index is 113. The Balaban J connectivity index is 3.47. The Morgan fingerprint density at radius 2 is 2.09 bits per heavy atom. The van der Waals surface area contributed by atoms with E-state index in [1.807, 2.05) is 0 Å². The van der Waals surface area contributed by atoms with E-state index < -0.39 is 12.1 Å². The van der Waals surface area contributed by atoms with Crippen LogP contribution in [-0.2, 0) is 14.3 Å². The van der Waals surface area contributed by atoms with Crippen LogP contribution in [0, 0.1) is 0 Å². The first-order valence-electron chi connectivity index (χ1n) is 3.62. The zero-order valence-electron chi connectivity index (χ0n) is 6.87. The first-order valence-corrected chi connectivity index (χ1v) is 3.62. The van der Waals surface area contributed by atoms with Crippen LogP contribution in [0.25, 0.3) is 0 Å². The fourth-order valence-corrected chi connectivity index (χ4v) is 0.525. The van der Waals surface area contributed by atoms with E-state index >= 15 is 0 Å². The van der Waals surface area contributed by atoms with E-state index in [0.29, 0.717) is 13.2 Å². The summed E-state index contributed by atoms with van der Waals surface area (Å²) >= 11 is 0. The lowest BCUT2D eigenvalue weighted by atomic mass is 10.4. The van der Waals surface area contributed by atoms with Crippen LogP contribution in [0.5, 0.6) is 0 Å². The fraction of sp³-hybridized carbons (Fsp3) is 0.857. The Hall–Kier alpha value is -0.450. The van der Waals surface area contributed by atoms with Gasteiger partial charge in [-0.3, -0.25) is 4.79 Å². The lowest BCUT2D eigenvalue weighted by molar-refractivity contribution is -0.159. The van der Waals surface area contributed by atoms with Crippen molar-refractivity contribution in [3.05, 3.63) is 0 Å². The molecule has 0 aromatic carbocycles. The minimum absolute atomic E-state index is 0.0856. The number of ketones is 1. The normalized spacial score (nSPS) is 13.0. The molecule has 1 atom stereocenters. The van der Waals surface area contributed by atoms with Gasteiger partial charge in [0, 0.05) is 13.2 Å². The molecular weight excluding hydrogens is 148 g/mol. The summed E-state index contributed by atoms with van der Waals surface area (Å²) < 4.78 is 9.40. The van der Waals surface area contributed by atoms with Gasteiger partial charge in [0.15, 0.2) is 0 Å². The van der Waals surface area contributed by atoms with Gasteiger partial charge in [-0.2, -0.15) is 0 Å². The molecule has 0 amide bonds. The van der Waals surface area contributed by atoms with Crippen molar-refractivity contribution in [1.29, 1.82) is 0 Å². The molecule has 66 valence electrons. The SMILES string of the molecule is CCOCC(=O)C(O)OCC. The Morgan fingerprint density at radius 3 is 2.55 bits per heavy atom. The average molecular weight is 162 g/mol. The summed E-state index contributed by atoms with van der Waals surface area (Å²) in [5.74, 6) is -0.436. The molecule has 1 unspecified atom stereocenters. The van der Waals surface area contributed by atoms with E-state index in [1.54, 1.807) is 13.8 Å². The highest BCUT2D eigenvalue weighted by Gasteiger charge is 2.13. The van der Waals surface area contributed by atoms with Gasteiger partial charge in [-0.15, -0.1) is 0 Å². The number of aliphatic hydroxyl groups is 1. The average Bonchev–Trinajstić information content (AvgIpc) is 2.00. The number of ether oxygens (including phenoxy) is 2. The van der Waals surface area contributed by atoms with Gasteiger partial charge in [0.05, 0.1) is 0 Å². The molecule has 0 saturated heterocycles. The third-order valence-electron chi connectivity index (χ3n) is 1.05. The summed E-state index contributed by atoms with van der Waals surface area (Å²) in [5.41, 5.74) is 0. The third-order valence-corrected chi connectivity index (χ3v) is 1.05. The van der Waals surface area contributed by atoms with Gasteiger partial charge in [0.2, 0.25) is 12.1 Å². The maximum atomic E-state index is 10.8.